The summed E-state index contributed by atoms with van der Waals surface area (Å²) in [6, 6.07) is 3.12. The van der Waals surface area contributed by atoms with Crippen LogP contribution in [0.2, 0.25) is 0 Å². The van der Waals surface area contributed by atoms with Gasteiger partial charge in [-0.25, -0.2) is 9.59 Å². The fourth-order valence-corrected chi connectivity index (χ4v) is 2.54. The highest BCUT2D eigenvalue weighted by atomic mass is 16.7. The third-order valence-corrected chi connectivity index (χ3v) is 4.19. The third kappa shape index (κ3) is 4.46. The molecule has 1 aromatic rings. The number of esters is 2. The quantitative estimate of drug-likeness (QED) is 0.314. The molecule has 4 atom stereocenters. The van der Waals surface area contributed by atoms with Crippen molar-refractivity contribution in [1.82, 2.24) is 10.0 Å². The molecule has 1 aliphatic rings. The lowest BCUT2D eigenvalue weighted by Gasteiger charge is -2.30. The van der Waals surface area contributed by atoms with Gasteiger partial charge in [0.2, 0.25) is 0 Å². The molecule has 11 heteroatoms. The summed E-state index contributed by atoms with van der Waals surface area (Å²) in [5.74, 6) is -3.80. The van der Waals surface area contributed by atoms with Crippen LogP contribution in [0.15, 0.2) is 24.5 Å². The van der Waals surface area contributed by atoms with Crippen LogP contribution in [0.1, 0.15) is 25.3 Å². The van der Waals surface area contributed by atoms with Crippen molar-refractivity contribution < 1.29 is 39.3 Å². The van der Waals surface area contributed by atoms with Crippen molar-refractivity contribution in [3.63, 3.8) is 0 Å². The maximum Gasteiger partial charge on any atom is 0.357 e. The molecule has 2 rings (SSSR count). The van der Waals surface area contributed by atoms with E-state index in [1.165, 1.54) is 19.3 Å². The van der Waals surface area contributed by atoms with E-state index in [1.54, 1.807) is 12.1 Å². The summed E-state index contributed by atoms with van der Waals surface area (Å²) in [7, 11) is 0. The zero-order chi connectivity index (χ0) is 20.2. The molecule has 2 unspecified atom stereocenters. The van der Waals surface area contributed by atoms with Crippen molar-refractivity contribution in [3.05, 3.63) is 30.1 Å². The Labute approximate surface area is 154 Å². The number of hydroxylamine groups is 2. The van der Waals surface area contributed by atoms with Gasteiger partial charge in [-0.2, -0.15) is 0 Å². The van der Waals surface area contributed by atoms with E-state index in [0.29, 0.717) is 5.56 Å². The van der Waals surface area contributed by atoms with Crippen LogP contribution in [0.3, 0.4) is 0 Å². The van der Waals surface area contributed by atoms with Gasteiger partial charge in [0, 0.05) is 25.4 Å². The standard InChI is InChI=1S/C16H21N3O8/c1-2-10(20)26-13(23)11(21)12(22)14(24)27-19-8-5-16(25,15(19)17)9-3-6-18-7-4-9/h3-4,6-7,11-12,15,21-22,25H,2,5,8,17H2,1H3/t11?,12?,15-,16+/m1/s1. The molecular formula is C16H21N3O8. The van der Waals surface area contributed by atoms with Gasteiger partial charge in [-0.05, 0) is 24.1 Å². The molecule has 27 heavy (non-hydrogen) atoms. The zero-order valence-electron chi connectivity index (χ0n) is 14.5. The minimum atomic E-state index is -2.31. The number of ether oxygens (including phenoxy) is 1. The Morgan fingerprint density at radius 2 is 1.89 bits per heavy atom. The summed E-state index contributed by atoms with van der Waals surface area (Å²) in [5, 5.41) is 31.1. The van der Waals surface area contributed by atoms with Gasteiger partial charge in [-0.1, -0.05) is 6.92 Å². The first-order valence-electron chi connectivity index (χ1n) is 8.18. The molecule has 5 N–H and O–H groups in total. The van der Waals surface area contributed by atoms with Crippen LogP contribution >= 0.6 is 0 Å². The van der Waals surface area contributed by atoms with Gasteiger partial charge in [0.1, 0.15) is 11.8 Å². The van der Waals surface area contributed by atoms with Gasteiger partial charge >= 0.3 is 17.9 Å². The van der Waals surface area contributed by atoms with Crippen molar-refractivity contribution in [3.8, 4) is 0 Å². The number of aromatic nitrogens is 1. The maximum absolute atomic E-state index is 12.0. The van der Waals surface area contributed by atoms with Crippen LogP contribution in [-0.2, 0) is 29.6 Å². The minimum absolute atomic E-state index is 0.0350. The van der Waals surface area contributed by atoms with E-state index in [-0.39, 0.29) is 19.4 Å². The minimum Gasteiger partial charge on any atom is -0.391 e. The lowest BCUT2D eigenvalue weighted by atomic mass is 9.91. The molecule has 0 spiro atoms. The van der Waals surface area contributed by atoms with Crippen LogP contribution in [0.4, 0.5) is 0 Å². The summed E-state index contributed by atoms with van der Waals surface area (Å²) in [4.78, 5) is 43.3. The van der Waals surface area contributed by atoms with Crippen LogP contribution in [0.5, 0.6) is 0 Å². The summed E-state index contributed by atoms with van der Waals surface area (Å²) in [6.07, 6.45) is -2.85. The molecule has 0 saturated carbocycles. The molecule has 1 aromatic heterocycles. The van der Waals surface area contributed by atoms with Gasteiger partial charge in [0.15, 0.2) is 12.2 Å². The zero-order valence-corrected chi connectivity index (χ0v) is 14.5. The Hall–Kier alpha value is -2.44. The summed E-state index contributed by atoms with van der Waals surface area (Å²) >= 11 is 0. The summed E-state index contributed by atoms with van der Waals surface area (Å²) < 4.78 is 4.23. The first kappa shape index (κ1) is 20.9. The number of hydrogen-bond donors (Lipinski definition) is 4. The molecule has 0 aliphatic carbocycles. The smallest absolute Gasteiger partial charge is 0.357 e. The largest absolute Gasteiger partial charge is 0.391 e. The van der Waals surface area contributed by atoms with Crippen molar-refractivity contribution >= 4 is 17.9 Å². The fourth-order valence-electron chi connectivity index (χ4n) is 2.54. The SMILES string of the molecule is CCC(=O)OC(=O)C(O)C(O)C(=O)ON1CC[C@](O)(c2ccncc2)[C@@H]1N. The van der Waals surface area contributed by atoms with E-state index in [2.05, 4.69) is 9.72 Å². The third-order valence-electron chi connectivity index (χ3n) is 4.19. The Kier molecular flexibility index (Phi) is 6.57. The van der Waals surface area contributed by atoms with Gasteiger partial charge in [-0.15, -0.1) is 5.06 Å². The predicted octanol–water partition coefficient (Wildman–Crippen LogP) is -2.08. The van der Waals surface area contributed by atoms with E-state index in [9.17, 15) is 29.7 Å². The van der Waals surface area contributed by atoms with Gasteiger partial charge < -0.3 is 30.6 Å². The monoisotopic (exact) mass is 383 g/mol. The highest BCUT2D eigenvalue weighted by Gasteiger charge is 2.48. The number of rotatable bonds is 6. The lowest BCUT2D eigenvalue weighted by molar-refractivity contribution is -0.217. The van der Waals surface area contributed by atoms with Crippen molar-refractivity contribution in [2.45, 2.75) is 43.7 Å². The molecule has 0 aromatic carbocycles. The van der Waals surface area contributed by atoms with Crippen LogP contribution in [0, 0.1) is 0 Å². The normalized spacial score (nSPS) is 24.9. The van der Waals surface area contributed by atoms with Gasteiger partial charge in [0.25, 0.3) is 0 Å². The van der Waals surface area contributed by atoms with Crippen LogP contribution < -0.4 is 5.73 Å². The van der Waals surface area contributed by atoms with E-state index < -0.39 is 41.9 Å². The number of hydrogen-bond acceptors (Lipinski definition) is 11. The average molecular weight is 383 g/mol. The maximum atomic E-state index is 12.0. The molecule has 0 amide bonds. The number of aliphatic hydroxyl groups excluding tert-OH is 2. The second-order valence-corrected chi connectivity index (χ2v) is 5.94. The van der Waals surface area contributed by atoms with Crippen molar-refractivity contribution in [2.75, 3.05) is 6.54 Å². The average Bonchev–Trinajstić information content (AvgIpc) is 2.96. The molecule has 2 heterocycles. The highest BCUT2D eigenvalue weighted by Crippen LogP contribution is 2.35. The highest BCUT2D eigenvalue weighted by molar-refractivity contribution is 5.91. The Morgan fingerprint density at radius 3 is 2.48 bits per heavy atom. The number of nitrogens with zero attached hydrogens (tertiary/aromatic N) is 2. The molecule has 0 radical (unpaired) electrons. The molecule has 1 saturated heterocycles. The topological polar surface area (TPSA) is 173 Å². The predicted molar refractivity (Wildman–Crippen MR) is 86.9 cm³/mol. The summed E-state index contributed by atoms with van der Waals surface area (Å²) in [6.45, 7) is 1.46. The van der Waals surface area contributed by atoms with E-state index in [4.69, 9.17) is 10.6 Å². The van der Waals surface area contributed by atoms with Gasteiger partial charge in [-0.3, -0.25) is 9.78 Å². The van der Waals surface area contributed by atoms with Gasteiger partial charge in [0.05, 0.1) is 0 Å². The van der Waals surface area contributed by atoms with E-state index in [1.807, 2.05) is 0 Å². The second-order valence-electron chi connectivity index (χ2n) is 5.94. The molecule has 0 bridgehead atoms. The first-order chi connectivity index (χ1) is 12.7. The van der Waals surface area contributed by atoms with Crippen molar-refractivity contribution in [2.24, 2.45) is 5.73 Å². The number of carbonyl (C=O) groups is 3. The number of aliphatic hydroxyl groups is 3. The molecule has 11 nitrogen and oxygen atoms in total. The number of pyridine rings is 1. The molecular weight excluding hydrogens is 362 g/mol. The fraction of sp³-hybridized carbons (Fsp3) is 0.500. The van der Waals surface area contributed by atoms with E-state index >= 15 is 0 Å². The Bertz CT molecular complexity index is 700. The molecule has 1 aliphatic heterocycles. The molecule has 1 fully saturated rings. The second kappa shape index (κ2) is 8.50. The van der Waals surface area contributed by atoms with E-state index in [0.717, 1.165) is 5.06 Å². The van der Waals surface area contributed by atoms with Crippen LogP contribution in [-0.4, -0.2) is 68.2 Å². The summed E-state index contributed by atoms with van der Waals surface area (Å²) in [5.41, 5.74) is 4.89. The first-order valence-corrected chi connectivity index (χ1v) is 8.18. The van der Waals surface area contributed by atoms with Crippen molar-refractivity contribution in [1.29, 1.82) is 0 Å². The Balaban J connectivity index is 1.99. The molecule has 148 valence electrons. The Morgan fingerprint density at radius 1 is 1.30 bits per heavy atom. The number of carbonyl (C=O) groups excluding carboxylic acids is 3. The number of nitrogens with two attached hydrogens (primary N) is 1. The van der Waals surface area contributed by atoms with Crippen LogP contribution in [0.25, 0.3) is 0 Å². The lowest BCUT2D eigenvalue weighted by Crippen LogP contribution is -2.51.